The number of halogens is 1. The van der Waals surface area contributed by atoms with Crippen molar-refractivity contribution in [2.24, 2.45) is 0 Å². The molecule has 0 N–H and O–H groups in total. The summed E-state index contributed by atoms with van der Waals surface area (Å²) in [6.45, 7) is 8.13. The van der Waals surface area contributed by atoms with Crippen LogP contribution in [0, 0.1) is 11.8 Å². The van der Waals surface area contributed by atoms with Gasteiger partial charge in [-0.15, -0.1) is 11.6 Å². The Morgan fingerprint density at radius 2 is 1.85 bits per heavy atom. The molecule has 106 valence electrons. The molecule has 1 aliphatic rings. The van der Waals surface area contributed by atoms with Crippen LogP contribution in [0.3, 0.4) is 0 Å². The molecule has 3 nitrogen and oxygen atoms in total. The lowest BCUT2D eigenvalue weighted by atomic mass is 9.80. The van der Waals surface area contributed by atoms with E-state index in [0.29, 0.717) is 12.3 Å². The van der Waals surface area contributed by atoms with Gasteiger partial charge in [0.15, 0.2) is 0 Å². The van der Waals surface area contributed by atoms with Gasteiger partial charge in [-0.2, -0.15) is 0 Å². The van der Waals surface area contributed by atoms with Crippen molar-refractivity contribution in [1.82, 2.24) is 4.98 Å². The normalized spacial score (nSPS) is 19.6. The van der Waals surface area contributed by atoms with Crippen LogP contribution in [0.25, 0.3) is 0 Å². The molecule has 1 fully saturated rings. The Labute approximate surface area is 126 Å². The summed E-state index contributed by atoms with van der Waals surface area (Å²) in [6, 6.07) is 1.95. The Balaban J connectivity index is 2.19. The van der Waals surface area contributed by atoms with Crippen LogP contribution in [-0.2, 0) is 9.31 Å². The second-order valence-corrected chi connectivity index (χ2v) is 6.21. The third-order valence-corrected chi connectivity index (χ3v) is 3.93. The molecule has 5 heteroatoms. The Hall–Kier alpha value is -1.02. The molecular weight excluding hydrogens is 272 g/mol. The number of nitrogens with zero attached hydrogens (tertiary/aromatic N) is 1. The summed E-state index contributed by atoms with van der Waals surface area (Å²) in [6.07, 6.45) is 4.16. The van der Waals surface area contributed by atoms with E-state index >= 15 is 0 Å². The topological polar surface area (TPSA) is 31.4 Å². The van der Waals surface area contributed by atoms with Gasteiger partial charge in [0.25, 0.3) is 0 Å². The molecule has 1 aliphatic heterocycles. The fourth-order valence-electron chi connectivity index (χ4n) is 1.85. The van der Waals surface area contributed by atoms with Crippen molar-refractivity contribution in [2.45, 2.75) is 45.3 Å². The van der Waals surface area contributed by atoms with Gasteiger partial charge in [-0.1, -0.05) is 11.8 Å². The molecule has 1 aromatic rings. The fourth-order valence-corrected chi connectivity index (χ4v) is 1.94. The molecule has 0 unspecified atom stereocenters. The van der Waals surface area contributed by atoms with E-state index in [9.17, 15) is 0 Å². The standard InChI is InChI=1S/C15H19BClNO2/c1-14(2)15(3,4)20-16(19-14)13-9-12(10-18-11-13)7-5-6-8-17/h9-11H,6,8H2,1-4H3. The summed E-state index contributed by atoms with van der Waals surface area (Å²) < 4.78 is 12.0. The van der Waals surface area contributed by atoms with Crippen LogP contribution in [0.1, 0.15) is 39.7 Å². The van der Waals surface area contributed by atoms with E-state index in [-0.39, 0.29) is 11.2 Å². The first-order chi connectivity index (χ1) is 9.36. The lowest BCUT2D eigenvalue weighted by molar-refractivity contribution is 0.00578. The second kappa shape index (κ2) is 5.77. The highest BCUT2D eigenvalue weighted by Gasteiger charge is 2.51. The first-order valence-electron chi connectivity index (χ1n) is 6.71. The summed E-state index contributed by atoms with van der Waals surface area (Å²) in [5, 5.41) is 0. The SMILES string of the molecule is CC1(C)OB(c2cncc(C#CCCCl)c2)OC1(C)C. The van der Waals surface area contributed by atoms with Crippen molar-refractivity contribution in [2.75, 3.05) is 5.88 Å². The van der Waals surface area contributed by atoms with Gasteiger partial charge in [-0.05, 0) is 33.8 Å². The van der Waals surface area contributed by atoms with Crippen LogP contribution in [0.4, 0.5) is 0 Å². The van der Waals surface area contributed by atoms with Crippen LogP contribution in [0.5, 0.6) is 0 Å². The highest BCUT2D eigenvalue weighted by atomic mass is 35.5. The van der Waals surface area contributed by atoms with E-state index < -0.39 is 7.12 Å². The molecule has 1 saturated heterocycles. The van der Waals surface area contributed by atoms with Crippen molar-refractivity contribution >= 4 is 24.2 Å². The molecule has 0 radical (unpaired) electrons. The predicted molar refractivity (Wildman–Crippen MR) is 82.2 cm³/mol. The van der Waals surface area contributed by atoms with Gasteiger partial charge >= 0.3 is 7.12 Å². The summed E-state index contributed by atoms with van der Waals surface area (Å²) in [5.41, 5.74) is 1.04. The molecule has 0 aromatic carbocycles. The molecule has 0 amide bonds. The van der Waals surface area contributed by atoms with E-state index in [1.165, 1.54) is 0 Å². The lowest BCUT2D eigenvalue weighted by Crippen LogP contribution is -2.41. The quantitative estimate of drug-likeness (QED) is 0.476. The van der Waals surface area contributed by atoms with E-state index in [0.717, 1.165) is 11.0 Å². The second-order valence-electron chi connectivity index (χ2n) is 5.84. The summed E-state index contributed by atoms with van der Waals surface area (Å²) in [7, 11) is -0.401. The molecule has 0 aliphatic carbocycles. The van der Waals surface area contributed by atoms with Crippen LogP contribution < -0.4 is 5.46 Å². The molecule has 1 aromatic heterocycles. The Morgan fingerprint density at radius 3 is 2.45 bits per heavy atom. The molecule has 2 rings (SSSR count). The number of alkyl halides is 1. The van der Waals surface area contributed by atoms with Gasteiger partial charge in [0.2, 0.25) is 0 Å². The average Bonchev–Trinajstić information content (AvgIpc) is 2.59. The van der Waals surface area contributed by atoms with Gasteiger partial charge in [-0.3, -0.25) is 4.98 Å². The third-order valence-electron chi connectivity index (χ3n) is 3.74. The van der Waals surface area contributed by atoms with Gasteiger partial charge in [-0.25, -0.2) is 0 Å². The maximum atomic E-state index is 6.00. The Morgan fingerprint density at radius 1 is 1.20 bits per heavy atom. The zero-order valence-electron chi connectivity index (χ0n) is 12.4. The molecule has 0 atom stereocenters. The van der Waals surface area contributed by atoms with E-state index in [1.54, 1.807) is 12.4 Å². The zero-order chi connectivity index (χ0) is 14.8. The first kappa shape index (κ1) is 15.4. The van der Waals surface area contributed by atoms with Gasteiger partial charge in [0.05, 0.1) is 11.2 Å². The van der Waals surface area contributed by atoms with Gasteiger partial charge in [0, 0.05) is 35.7 Å². The van der Waals surface area contributed by atoms with Crippen LogP contribution >= 0.6 is 11.6 Å². The molecule has 2 heterocycles. The van der Waals surface area contributed by atoms with Crippen molar-refractivity contribution in [1.29, 1.82) is 0 Å². The average molecular weight is 292 g/mol. The van der Waals surface area contributed by atoms with E-state index in [2.05, 4.69) is 16.8 Å². The maximum Gasteiger partial charge on any atom is 0.496 e. The van der Waals surface area contributed by atoms with E-state index in [1.807, 2.05) is 33.8 Å². The van der Waals surface area contributed by atoms with Crippen molar-refractivity contribution < 1.29 is 9.31 Å². The largest absolute Gasteiger partial charge is 0.496 e. The highest BCUT2D eigenvalue weighted by molar-refractivity contribution is 6.62. The molecule has 0 saturated carbocycles. The summed E-state index contributed by atoms with van der Waals surface area (Å²) in [4.78, 5) is 4.21. The molecule has 20 heavy (non-hydrogen) atoms. The summed E-state index contributed by atoms with van der Waals surface area (Å²) >= 11 is 5.61. The first-order valence-corrected chi connectivity index (χ1v) is 7.24. The van der Waals surface area contributed by atoms with E-state index in [4.69, 9.17) is 20.9 Å². The minimum Gasteiger partial charge on any atom is -0.399 e. The molecule has 0 bridgehead atoms. The van der Waals surface area contributed by atoms with Gasteiger partial charge < -0.3 is 9.31 Å². The molecule has 0 spiro atoms. The maximum absolute atomic E-state index is 6.00. The predicted octanol–water partition coefficient (Wildman–Crippen LogP) is 2.36. The number of hydrogen-bond acceptors (Lipinski definition) is 3. The van der Waals surface area contributed by atoms with Crippen molar-refractivity contribution in [3.8, 4) is 11.8 Å². The lowest BCUT2D eigenvalue weighted by Gasteiger charge is -2.32. The van der Waals surface area contributed by atoms with Crippen molar-refractivity contribution in [3.05, 3.63) is 24.0 Å². The van der Waals surface area contributed by atoms with Crippen LogP contribution in [-0.4, -0.2) is 29.2 Å². The third kappa shape index (κ3) is 3.17. The number of rotatable bonds is 2. The van der Waals surface area contributed by atoms with Crippen LogP contribution in [0.2, 0.25) is 0 Å². The Bertz CT molecular complexity index is 532. The fraction of sp³-hybridized carbons (Fsp3) is 0.533. The summed E-state index contributed by atoms with van der Waals surface area (Å²) in [5.74, 6) is 6.58. The monoisotopic (exact) mass is 291 g/mol. The van der Waals surface area contributed by atoms with Gasteiger partial charge in [0.1, 0.15) is 0 Å². The van der Waals surface area contributed by atoms with Crippen molar-refractivity contribution in [3.63, 3.8) is 0 Å². The smallest absolute Gasteiger partial charge is 0.399 e. The molecular formula is C15H19BClNO2. The minimum atomic E-state index is -0.401. The number of pyridine rings is 1. The zero-order valence-corrected chi connectivity index (χ0v) is 13.1. The minimum absolute atomic E-state index is 0.349. The highest BCUT2D eigenvalue weighted by Crippen LogP contribution is 2.36. The number of aromatic nitrogens is 1. The Kier molecular flexibility index (Phi) is 4.44. The van der Waals surface area contributed by atoms with Crippen LogP contribution in [0.15, 0.2) is 18.5 Å². The number of hydrogen-bond donors (Lipinski definition) is 0.